The summed E-state index contributed by atoms with van der Waals surface area (Å²) >= 11 is 0. The number of hydrogen-bond donors (Lipinski definition) is 1. The Hall–Kier alpha value is -3.33. The first kappa shape index (κ1) is 21.9. The number of carbonyl (C=O) groups is 1. The van der Waals surface area contributed by atoms with Gasteiger partial charge in [0, 0.05) is 31.4 Å². The summed E-state index contributed by atoms with van der Waals surface area (Å²) in [6.45, 7) is 6.93. The van der Waals surface area contributed by atoms with Crippen molar-refractivity contribution in [3.63, 3.8) is 0 Å². The van der Waals surface area contributed by atoms with Gasteiger partial charge in [0.05, 0.1) is 29.4 Å². The number of piperazine rings is 1. The van der Waals surface area contributed by atoms with Crippen LogP contribution in [0.25, 0.3) is 16.7 Å². The number of anilines is 1. The molecule has 1 aliphatic heterocycles. The van der Waals surface area contributed by atoms with Gasteiger partial charge in [0.15, 0.2) is 0 Å². The largest absolute Gasteiger partial charge is 0.462 e. The maximum Gasteiger partial charge on any atom is 0.343 e. The number of pyridine rings is 2. The third-order valence-electron chi connectivity index (χ3n) is 5.42. The van der Waals surface area contributed by atoms with Crippen molar-refractivity contribution in [3.05, 3.63) is 64.1 Å². The highest BCUT2D eigenvalue weighted by atomic mass is 19.1. The van der Waals surface area contributed by atoms with Crippen LogP contribution in [0.1, 0.15) is 31.1 Å². The Balaban J connectivity index is 1.97. The van der Waals surface area contributed by atoms with Gasteiger partial charge in [0.2, 0.25) is 5.43 Å². The summed E-state index contributed by atoms with van der Waals surface area (Å²) in [5, 5.41) is 3.42. The highest BCUT2D eigenvalue weighted by Crippen LogP contribution is 2.28. The van der Waals surface area contributed by atoms with Crippen LogP contribution in [-0.2, 0) is 4.74 Å². The van der Waals surface area contributed by atoms with Crippen LogP contribution in [0, 0.1) is 11.6 Å². The van der Waals surface area contributed by atoms with E-state index in [0.29, 0.717) is 24.3 Å². The van der Waals surface area contributed by atoms with Gasteiger partial charge in [-0.2, -0.15) is 0 Å². The first-order valence-corrected chi connectivity index (χ1v) is 10.5. The van der Waals surface area contributed by atoms with E-state index in [1.165, 1.54) is 22.9 Å². The van der Waals surface area contributed by atoms with Crippen molar-refractivity contribution in [2.45, 2.75) is 32.9 Å². The average molecular weight is 442 g/mol. The van der Waals surface area contributed by atoms with Crippen LogP contribution >= 0.6 is 0 Å². The molecule has 0 bridgehead atoms. The first-order chi connectivity index (χ1) is 15.3. The summed E-state index contributed by atoms with van der Waals surface area (Å²) in [4.78, 5) is 31.4. The summed E-state index contributed by atoms with van der Waals surface area (Å²) in [7, 11) is 0. The minimum atomic E-state index is -0.815. The summed E-state index contributed by atoms with van der Waals surface area (Å²) < 4.78 is 35.2. The number of carbonyl (C=O) groups excluding carboxylic acids is 1. The smallest absolute Gasteiger partial charge is 0.343 e. The third kappa shape index (κ3) is 4.08. The average Bonchev–Trinajstić information content (AvgIpc) is 2.74. The number of rotatable bonds is 4. The molecule has 3 aromatic rings. The Morgan fingerprint density at radius 1 is 1.22 bits per heavy atom. The van der Waals surface area contributed by atoms with Gasteiger partial charge in [-0.3, -0.25) is 4.79 Å². The molecule has 0 amide bonds. The summed E-state index contributed by atoms with van der Waals surface area (Å²) in [5.41, 5.74) is -0.180. The number of halogens is 2. The summed E-state index contributed by atoms with van der Waals surface area (Å²) in [6, 6.07) is 5.68. The van der Waals surface area contributed by atoms with Gasteiger partial charge in [0.1, 0.15) is 23.0 Å². The predicted octanol–water partition coefficient (Wildman–Crippen LogP) is 3.03. The van der Waals surface area contributed by atoms with Gasteiger partial charge >= 0.3 is 5.97 Å². The molecule has 1 aromatic carbocycles. The zero-order valence-electron chi connectivity index (χ0n) is 18.1. The van der Waals surface area contributed by atoms with Crippen molar-refractivity contribution in [1.29, 1.82) is 0 Å². The van der Waals surface area contributed by atoms with Crippen molar-refractivity contribution in [3.8, 4) is 5.82 Å². The lowest BCUT2D eigenvalue weighted by molar-refractivity contribution is 0.0524. The van der Waals surface area contributed by atoms with Crippen molar-refractivity contribution in [2.24, 2.45) is 0 Å². The normalized spacial score (nSPS) is 18.7. The molecule has 1 N–H and O–H groups in total. The molecule has 7 nitrogen and oxygen atoms in total. The summed E-state index contributed by atoms with van der Waals surface area (Å²) in [6.07, 6.45) is 2.35. The van der Waals surface area contributed by atoms with E-state index in [9.17, 15) is 14.0 Å². The van der Waals surface area contributed by atoms with E-state index in [-0.39, 0.29) is 35.5 Å². The molecule has 2 unspecified atom stereocenters. The SMILES string of the molecule is CCOC(=O)c1cn(-c2ccc(F)cn2)c2cc(N3CC(C)NC(C)C3)c(F)cc2c1=O. The van der Waals surface area contributed by atoms with Crippen LogP contribution < -0.4 is 15.6 Å². The second kappa shape index (κ2) is 8.66. The van der Waals surface area contributed by atoms with E-state index >= 15 is 4.39 Å². The predicted molar refractivity (Wildman–Crippen MR) is 117 cm³/mol. The molecule has 32 heavy (non-hydrogen) atoms. The topological polar surface area (TPSA) is 76.5 Å². The fraction of sp³-hybridized carbons (Fsp3) is 0.348. The zero-order chi connectivity index (χ0) is 23.0. The molecule has 2 aromatic heterocycles. The Bertz CT molecular complexity index is 1220. The quantitative estimate of drug-likeness (QED) is 0.626. The van der Waals surface area contributed by atoms with Gasteiger partial charge in [-0.25, -0.2) is 18.6 Å². The second-order valence-corrected chi connectivity index (χ2v) is 7.99. The highest BCUT2D eigenvalue weighted by molar-refractivity contribution is 5.95. The lowest BCUT2D eigenvalue weighted by atomic mass is 10.1. The van der Waals surface area contributed by atoms with Gasteiger partial charge < -0.3 is 19.5 Å². The van der Waals surface area contributed by atoms with E-state index in [2.05, 4.69) is 10.3 Å². The van der Waals surface area contributed by atoms with Crippen molar-refractivity contribution in [1.82, 2.24) is 14.9 Å². The minimum absolute atomic E-state index is 0.0131. The molecule has 0 aliphatic carbocycles. The fourth-order valence-corrected chi connectivity index (χ4v) is 4.15. The molecule has 2 atom stereocenters. The van der Waals surface area contributed by atoms with Crippen LogP contribution in [-0.4, -0.2) is 47.3 Å². The Labute approximate surface area is 183 Å². The number of ether oxygens (including phenoxy) is 1. The van der Waals surface area contributed by atoms with Crippen molar-refractivity contribution in [2.75, 3.05) is 24.6 Å². The standard InChI is InChI=1S/C23H24F2N4O3/c1-4-32-23(31)17-12-29(21-6-5-15(24)9-26-21)19-8-20(18(25)7-16(19)22(17)30)28-10-13(2)27-14(3)11-28/h5-9,12-14,27H,4,10-11H2,1-3H3. The number of nitrogens with zero attached hydrogens (tertiary/aromatic N) is 3. The molecule has 3 heterocycles. The van der Waals surface area contributed by atoms with Crippen LogP contribution in [0.4, 0.5) is 14.5 Å². The molecule has 0 saturated carbocycles. The molecule has 4 rings (SSSR count). The van der Waals surface area contributed by atoms with Crippen LogP contribution in [0.2, 0.25) is 0 Å². The number of hydrogen-bond acceptors (Lipinski definition) is 6. The molecule has 0 radical (unpaired) electrons. The minimum Gasteiger partial charge on any atom is -0.462 e. The second-order valence-electron chi connectivity index (χ2n) is 7.99. The Morgan fingerprint density at radius 2 is 1.94 bits per heavy atom. The number of benzene rings is 1. The molecule has 9 heteroatoms. The van der Waals surface area contributed by atoms with E-state index in [4.69, 9.17) is 4.74 Å². The van der Waals surface area contributed by atoms with Crippen molar-refractivity contribution >= 4 is 22.6 Å². The van der Waals surface area contributed by atoms with Gasteiger partial charge in [-0.1, -0.05) is 0 Å². The molecule has 1 fully saturated rings. The van der Waals surface area contributed by atoms with Crippen LogP contribution in [0.5, 0.6) is 0 Å². The van der Waals surface area contributed by atoms with Crippen molar-refractivity contribution < 1.29 is 18.3 Å². The van der Waals surface area contributed by atoms with E-state index in [0.717, 1.165) is 12.3 Å². The maximum atomic E-state index is 15.2. The molecule has 1 aliphatic rings. The van der Waals surface area contributed by atoms with E-state index < -0.39 is 23.0 Å². The maximum absolute atomic E-state index is 15.2. The number of esters is 1. The summed E-state index contributed by atoms with van der Waals surface area (Å²) in [5.74, 6) is -1.62. The lowest BCUT2D eigenvalue weighted by Crippen LogP contribution is -2.54. The molecular weight excluding hydrogens is 418 g/mol. The van der Waals surface area contributed by atoms with E-state index in [1.807, 2.05) is 18.7 Å². The molecule has 0 spiro atoms. The molecule has 168 valence electrons. The zero-order valence-corrected chi connectivity index (χ0v) is 18.1. The molecular formula is C23H24F2N4O3. The number of fused-ring (bicyclic) bond motifs is 1. The van der Waals surface area contributed by atoms with Gasteiger partial charge in [-0.15, -0.1) is 0 Å². The lowest BCUT2D eigenvalue weighted by Gasteiger charge is -2.38. The highest BCUT2D eigenvalue weighted by Gasteiger charge is 2.25. The Morgan fingerprint density at radius 3 is 2.56 bits per heavy atom. The third-order valence-corrected chi connectivity index (χ3v) is 5.42. The van der Waals surface area contributed by atoms with Crippen LogP contribution in [0.15, 0.2) is 41.5 Å². The van der Waals surface area contributed by atoms with E-state index in [1.54, 1.807) is 13.0 Å². The fourth-order valence-electron chi connectivity index (χ4n) is 4.15. The Kier molecular flexibility index (Phi) is 5.92. The van der Waals surface area contributed by atoms with Gasteiger partial charge in [0.25, 0.3) is 0 Å². The first-order valence-electron chi connectivity index (χ1n) is 10.5. The van der Waals surface area contributed by atoms with Crippen LogP contribution in [0.3, 0.4) is 0 Å². The molecule has 1 saturated heterocycles. The number of nitrogens with one attached hydrogen (secondary N) is 1. The monoisotopic (exact) mass is 442 g/mol. The number of aromatic nitrogens is 2. The van der Waals surface area contributed by atoms with Gasteiger partial charge in [-0.05, 0) is 45.0 Å².